The smallest absolute Gasteiger partial charge is 0.123 e. The molecule has 0 aliphatic rings. The van der Waals surface area contributed by atoms with Crippen molar-refractivity contribution in [3.05, 3.63) is 70.0 Å². The Balaban J connectivity index is 2.11. The van der Waals surface area contributed by atoms with Crippen molar-refractivity contribution in [1.82, 2.24) is 0 Å². The van der Waals surface area contributed by atoms with Gasteiger partial charge in [0.1, 0.15) is 5.82 Å². The van der Waals surface area contributed by atoms with Crippen LogP contribution in [0.3, 0.4) is 0 Å². The van der Waals surface area contributed by atoms with Crippen molar-refractivity contribution in [3.63, 3.8) is 0 Å². The van der Waals surface area contributed by atoms with E-state index in [9.17, 15) is 9.50 Å². The predicted octanol–water partition coefficient (Wildman–Crippen LogP) is 4.18. The van der Waals surface area contributed by atoms with Crippen LogP contribution in [0.25, 0.3) is 0 Å². The van der Waals surface area contributed by atoms with Crippen molar-refractivity contribution in [1.29, 1.82) is 0 Å². The molecule has 1 nitrogen and oxygen atoms in total. The van der Waals surface area contributed by atoms with Crippen molar-refractivity contribution in [2.45, 2.75) is 19.8 Å². The number of aliphatic hydroxyl groups excluding tert-OH is 1. The van der Waals surface area contributed by atoms with Gasteiger partial charge in [0, 0.05) is 11.6 Å². The lowest BCUT2D eigenvalue weighted by Crippen LogP contribution is -2.13. The molecule has 0 aromatic heterocycles. The zero-order valence-electron chi connectivity index (χ0n) is 11.4. The number of halogens is 2. The van der Waals surface area contributed by atoms with E-state index >= 15 is 0 Å². The van der Waals surface area contributed by atoms with Crippen LogP contribution < -0.4 is 0 Å². The van der Waals surface area contributed by atoms with Gasteiger partial charge in [-0.3, -0.25) is 0 Å². The summed E-state index contributed by atoms with van der Waals surface area (Å²) in [6.45, 7) is 2.03. The number of aryl methyl sites for hydroxylation is 1. The van der Waals surface area contributed by atoms with Gasteiger partial charge in [0.2, 0.25) is 0 Å². The highest BCUT2D eigenvalue weighted by Crippen LogP contribution is 2.20. The highest BCUT2D eigenvalue weighted by atomic mass is 35.5. The maximum Gasteiger partial charge on any atom is 0.123 e. The Bertz CT molecular complexity index is 583. The van der Waals surface area contributed by atoms with Crippen LogP contribution in [-0.2, 0) is 12.8 Å². The van der Waals surface area contributed by atoms with Crippen molar-refractivity contribution in [2.75, 3.05) is 6.61 Å². The Morgan fingerprint density at radius 1 is 1.15 bits per heavy atom. The first-order chi connectivity index (χ1) is 9.58. The number of hydrogen-bond acceptors (Lipinski definition) is 1. The number of hydrogen-bond donors (Lipinski definition) is 1. The van der Waals surface area contributed by atoms with E-state index in [1.54, 1.807) is 12.1 Å². The summed E-state index contributed by atoms with van der Waals surface area (Å²) in [6.07, 6.45) is 1.39. The van der Waals surface area contributed by atoms with Gasteiger partial charge in [-0.2, -0.15) is 0 Å². The first kappa shape index (κ1) is 15.0. The van der Waals surface area contributed by atoms with E-state index in [4.69, 9.17) is 11.6 Å². The van der Waals surface area contributed by atoms with Crippen LogP contribution in [0.15, 0.2) is 42.5 Å². The normalized spacial score (nSPS) is 12.4. The van der Waals surface area contributed by atoms with Gasteiger partial charge in [-0.05, 0) is 66.6 Å². The fourth-order valence-electron chi connectivity index (χ4n) is 2.37. The third-order valence-electron chi connectivity index (χ3n) is 3.49. The van der Waals surface area contributed by atoms with E-state index < -0.39 is 0 Å². The van der Waals surface area contributed by atoms with Gasteiger partial charge in [-0.25, -0.2) is 4.39 Å². The Morgan fingerprint density at radius 2 is 1.95 bits per heavy atom. The Morgan fingerprint density at radius 3 is 2.65 bits per heavy atom. The second-order valence-corrected chi connectivity index (χ2v) is 5.59. The quantitative estimate of drug-likeness (QED) is 0.876. The zero-order chi connectivity index (χ0) is 14.5. The maximum atomic E-state index is 13.3. The van der Waals surface area contributed by atoms with Crippen LogP contribution in [-0.4, -0.2) is 11.7 Å². The molecule has 0 spiro atoms. The molecule has 0 heterocycles. The second-order valence-electron chi connectivity index (χ2n) is 5.16. The SMILES string of the molecule is Cc1ccc(F)cc1CC(CO)Cc1cccc(Cl)c1. The topological polar surface area (TPSA) is 20.2 Å². The standard InChI is InChI=1S/C17H18ClFO/c1-12-5-6-17(19)10-15(12)8-14(11-20)7-13-3-2-4-16(18)9-13/h2-6,9-10,14,20H,7-8,11H2,1H3. The molecule has 2 aromatic carbocycles. The molecule has 106 valence electrons. The second kappa shape index (κ2) is 6.87. The van der Waals surface area contributed by atoms with Gasteiger partial charge in [0.25, 0.3) is 0 Å². The molecule has 2 rings (SSSR count). The molecule has 0 aliphatic carbocycles. The van der Waals surface area contributed by atoms with Crippen LogP contribution in [0, 0.1) is 18.7 Å². The van der Waals surface area contributed by atoms with Crippen molar-refractivity contribution < 1.29 is 9.50 Å². The van der Waals surface area contributed by atoms with E-state index in [1.165, 1.54) is 6.07 Å². The first-order valence-electron chi connectivity index (χ1n) is 6.69. The summed E-state index contributed by atoms with van der Waals surface area (Å²) in [5, 5.41) is 10.2. The maximum absolute atomic E-state index is 13.3. The molecule has 2 aromatic rings. The summed E-state index contributed by atoms with van der Waals surface area (Å²) >= 11 is 5.97. The number of benzene rings is 2. The molecule has 0 bridgehead atoms. The van der Waals surface area contributed by atoms with Gasteiger partial charge in [0.05, 0.1) is 0 Å². The summed E-state index contributed by atoms with van der Waals surface area (Å²) in [5.41, 5.74) is 3.09. The van der Waals surface area contributed by atoms with E-state index in [2.05, 4.69) is 0 Å². The molecule has 0 amide bonds. The summed E-state index contributed by atoms with van der Waals surface area (Å²) in [5.74, 6) is -0.168. The van der Waals surface area contributed by atoms with Crippen LogP contribution in [0.2, 0.25) is 5.02 Å². The summed E-state index contributed by atoms with van der Waals surface area (Å²) in [4.78, 5) is 0. The third-order valence-corrected chi connectivity index (χ3v) is 3.73. The Kier molecular flexibility index (Phi) is 5.16. The van der Waals surface area contributed by atoms with Crippen LogP contribution in [0.1, 0.15) is 16.7 Å². The highest BCUT2D eigenvalue weighted by Gasteiger charge is 2.12. The molecule has 0 saturated heterocycles. The first-order valence-corrected chi connectivity index (χ1v) is 7.06. The fraction of sp³-hybridized carbons (Fsp3) is 0.294. The van der Waals surface area contributed by atoms with E-state index in [0.717, 1.165) is 23.1 Å². The number of aliphatic hydroxyl groups is 1. The van der Waals surface area contributed by atoms with Crippen LogP contribution >= 0.6 is 11.6 Å². The molecule has 0 radical (unpaired) electrons. The van der Waals surface area contributed by atoms with E-state index in [0.29, 0.717) is 11.4 Å². The molecule has 3 heteroatoms. The minimum Gasteiger partial charge on any atom is -0.396 e. The van der Waals surface area contributed by atoms with Crippen LogP contribution in [0.4, 0.5) is 4.39 Å². The summed E-state index contributed by atoms with van der Waals surface area (Å²) < 4.78 is 13.3. The van der Waals surface area contributed by atoms with Gasteiger partial charge in [-0.15, -0.1) is 0 Å². The molecule has 1 unspecified atom stereocenters. The molecule has 20 heavy (non-hydrogen) atoms. The lowest BCUT2D eigenvalue weighted by atomic mass is 9.91. The van der Waals surface area contributed by atoms with Crippen molar-refractivity contribution >= 4 is 11.6 Å². The van der Waals surface area contributed by atoms with Gasteiger partial charge in [-0.1, -0.05) is 29.8 Å². The van der Waals surface area contributed by atoms with Crippen LogP contribution in [0.5, 0.6) is 0 Å². The zero-order valence-corrected chi connectivity index (χ0v) is 12.2. The average Bonchev–Trinajstić information content (AvgIpc) is 2.42. The molecule has 1 N–H and O–H groups in total. The summed E-state index contributed by atoms with van der Waals surface area (Å²) in [6, 6.07) is 12.4. The summed E-state index contributed by atoms with van der Waals surface area (Å²) in [7, 11) is 0. The van der Waals surface area contributed by atoms with E-state index in [-0.39, 0.29) is 18.3 Å². The van der Waals surface area contributed by atoms with Crippen molar-refractivity contribution in [3.8, 4) is 0 Å². The molecule has 0 saturated carbocycles. The van der Waals surface area contributed by atoms with Gasteiger partial charge < -0.3 is 5.11 Å². The third kappa shape index (κ3) is 4.06. The molecule has 1 atom stereocenters. The minimum atomic E-state index is -0.231. The molecule has 0 fully saturated rings. The molecule has 0 aliphatic heterocycles. The Labute approximate surface area is 124 Å². The molecular weight excluding hydrogens is 275 g/mol. The average molecular weight is 293 g/mol. The number of rotatable bonds is 5. The predicted molar refractivity (Wildman–Crippen MR) is 80.6 cm³/mol. The van der Waals surface area contributed by atoms with Gasteiger partial charge in [0.15, 0.2) is 0 Å². The van der Waals surface area contributed by atoms with Crippen molar-refractivity contribution in [2.24, 2.45) is 5.92 Å². The minimum absolute atomic E-state index is 0.0639. The molecular formula is C17H18ClFO. The van der Waals surface area contributed by atoms with Gasteiger partial charge >= 0.3 is 0 Å². The fourth-order valence-corrected chi connectivity index (χ4v) is 2.58. The highest BCUT2D eigenvalue weighted by molar-refractivity contribution is 6.30. The largest absolute Gasteiger partial charge is 0.396 e. The Hall–Kier alpha value is -1.38. The lowest BCUT2D eigenvalue weighted by molar-refractivity contribution is 0.224. The lowest BCUT2D eigenvalue weighted by Gasteiger charge is -2.16. The van der Waals surface area contributed by atoms with E-state index in [1.807, 2.05) is 31.2 Å². The monoisotopic (exact) mass is 292 g/mol.